The van der Waals surface area contributed by atoms with E-state index in [0.717, 1.165) is 0 Å². The van der Waals surface area contributed by atoms with Gasteiger partial charge in [-0.15, -0.1) is 0 Å². The van der Waals surface area contributed by atoms with E-state index in [2.05, 4.69) is 10.3 Å². The normalized spacial score (nSPS) is 11.1. The SMILES string of the molecule is Cn1cc(NC(=O)OC(C)(C)C)nc1C(=O)[O-]. The largest absolute Gasteiger partial charge is 0.542 e. The lowest BCUT2D eigenvalue weighted by Gasteiger charge is -2.18. The third-order valence-electron chi connectivity index (χ3n) is 1.69. The summed E-state index contributed by atoms with van der Waals surface area (Å²) < 4.78 is 6.23. The minimum absolute atomic E-state index is 0.0981. The molecule has 0 radical (unpaired) electrons. The Morgan fingerprint density at radius 2 is 2.06 bits per heavy atom. The molecule has 0 aliphatic heterocycles. The Kier molecular flexibility index (Phi) is 3.40. The number of nitrogens with zero attached hydrogens (tertiary/aromatic N) is 2. The minimum atomic E-state index is -1.41. The smallest absolute Gasteiger partial charge is 0.413 e. The highest BCUT2D eigenvalue weighted by molar-refractivity contribution is 5.86. The summed E-state index contributed by atoms with van der Waals surface area (Å²) in [5, 5.41) is 12.9. The van der Waals surface area contributed by atoms with E-state index in [-0.39, 0.29) is 11.6 Å². The van der Waals surface area contributed by atoms with Crippen molar-refractivity contribution >= 4 is 17.9 Å². The van der Waals surface area contributed by atoms with Gasteiger partial charge in [-0.25, -0.2) is 9.78 Å². The number of aromatic carboxylic acids is 1. The number of hydrogen-bond donors (Lipinski definition) is 1. The van der Waals surface area contributed by atoms with E-state index in [4.69, 9.17) is 4.74 Å². The molecule has 1 N–H and O–H groups in total. The molecule has 1 rings (SSSR count). The predicted molar refractivity (Wildman–Crippen MR) is 57.4 cm³/mol. The lowest BCUT2D eigenvalue weighted by molar-refractivity contribution is -0.256. The van der Waals surface area contributed by atoms with Gasteiger partial charge in [-0.05, 0) is 20.8 Å². The maximum absolute atomic E-state index is 11.4. The minimum Gasteiger partial charge on any atom is -0.542 e. The van der Waals surface area contributed by atoms with Gasteiger partial charge in [-0.3, -0.25) is 5.32 Å². The van der Waals surface area contributed by atoms with E-state index < -0.39 is 17.7 Å². The molecule has 0 saturated heterocycles. The average molecular weight is 240 g/mol. The number of ether oxygens (including phenoxy) is 1. The van der Waals surface area contributed by atoms with Crippen molar-refractivity contribution in [2.45, 2.75) is 26.4 Å². The Balaban J connectivity index is 2.73. The quantitative estimate of drug-likeness (QED) is 0.792. The van der Waals surface area contributed by atoms with Crippen LogP contribution in [0.25, 0.3) is 0 Å². The first-order chi connectivity index (χ1) is 7.69. The van der Waals surface area contributed by atoms with Gasteiger partial charge in [0.25, 0.3) is 0 Å². The van der Waals surface area contributed by atoms with E-state index >= 15 is 0 Å². The Morgan fingerprint density at radius 3 is 2.47 bits per heavy atom. The first-order valence-corrected chi connectivity index (χ1v) is 4.94. The third-order valence-corrected chi connectivity index (χ3v) is 1.69. The summed E-state index contributed by atoms with van der Waals surface area (Å²) in [5.41, 5.74) is -0.629. The number of hydrogen-bond acceptors (Lipinski definition) is 5. The summed E-state index contributed by atoms with van der Waals surface area (Å²) in [6.07, 6.45) is 0.662. The number of aromatic nitrogens is 2. The van der Waals surface area contributed by atoms with Crippen LogP contribution in [0.3, 0.4) is 0 Å². The van der Waals surface area contributed by atoms with Crippen LogP contribution >= 0.6 is 0 Å². The summed E-state index contributed by atoms with van der Waals surface area (Å²) in [4.78, 5) is 25.7. The van der Waals surface area contributed by atoms with Crippen molar-refractivity contribution < 1.29 is 19.4 Å². The summed E-state index contributed by atoms with van der Waals surface area (Å²) >= 11 is 0. The number of carboxylic acids is 1. The Labute approximate surface area is 98.4 Å². The topological polar surface area (TPSA) is 96.3 Å². The number of nitrogens with one attached hydrogen (secondary N) is 1. The average Bonchev–Trinajstić information content (AvgIpc) is 2.42. The van der Waals surface area contributed by atoms with Gasteiger partial charge in [0.2, 0.25) is 0 Å². The number of carbonyl (C=O) groups excluding carboxylic acids is 2. The molecule has 0 aliphatic rings. The molecule has 7 nitrogen and oxygen atoms in total. The molecule has 0 aromatic carbocycles. The molecule has 17 heavy (non-hydrogen) atoms. The van der Waals surface area contributed by atoms with E-state index in [1.165, 1.54) is 17.8 Å². The van der Waals surface area contributed by atoms with Crippen LogP contribution in [0.1, 0.15) is 31.4 Å². The molecule has 0 fully saturated rings. The van der Waals surface area contributed by atoms with Crippen LogP contribution < -0.4 is 10.4 Å². The number of imidazole rings is 1. The van der Waals surface area contributed by atoms with Crippen molar-refractivity contribution in [3.8, 4) is 0 Å². The maximum atomic E-state index is 11.4. The molecule has 0 bridgehead atoms. The molecule has 1 heterocycles. The molecule has 7 heteroatoms. The third kappa shape index (κ3) is 3.78. The van der Waals surface area contributed by atoms with Crippen molar-refractivity contribution in [3.05, 3.63) is 12.0 Å². The highest BCUT2D eigenvalue weighted by atomic mass is 16.6. The predicted octanol–water partition coefficient (Wildman–Crippen LogP) is 0.131. The molecule has 1 amide bonds. The standard InChI is InChI=1S/C10H15N3O4/c1-10(2,3)17-9(16)12-6-5-13(4)7(11-6)8(14)15/h5H,1-4H3,(H,12,16)(H,14,15)/p-1. The van der Waals surface area contributed by atoms with Crippen LogP contribution in [0.2, 0.25) is 0 Å². The van der Waals surface area contributed by atoms with Gasteiger partial charge in [-0.2, -0.15) is 0 Å². The molecule has 0 atom stereocenters. The van der Waals surface area contributed by atoms with Crippen LogP contribution in [-0.4, -0.2) is 27.2 Å². The zero-order valence-electron chi connectivity index (χ0n) is 10.1. The second-order valence-electron chi connectivity index (χ2n) is 4.48. The zero-order chi connectivity index (χ0) is 13.2. The summed E-state index contributed by atoms with van der Waals surface area (Å²) in [7, 11) is 1.48. The monoisotopic (exact) mass is 240 g/mol. The van der Waals surface area contributed by atoms with Crippen LogP contribution in [0.4, 0.5) is 10.6 Å². The lowest BCUT2D eigenvalue weighted by Crippen LogP contribution is -2.27. The fourth-order valence-electron chi connectivity index (χ4n) is 1.12. The van der Waals surface area contributed by atoms with Gasteiger partial charge >= 0.3 is 6.09 Å². The molecular formula is C10H14N3O4-. The van der Waals surface area contributed by atoms with E-state index in [1.807, 2.05) is 0 Å². The van der Waals surface area contributed by atoms with Gasteiger partial charge < -0.3 is 19.2 Å². The molecular weight excluding hydrogens is 226 g/mol. The van der Waals surface area contributed by atoms with Crippen molar-refractivity contribution in [2.24, 2.45) is 7.05 Å². The van der Waals surface area contributed by atoms with Gasteiger partial charge in [0.15, 0.2) is 11.6 Å². The highest BCUT2D eigenvalue weighted by Crippen LogP contribution is 2.11. The maximum Gasteiger partial charge on any atom is 0.413 e. The number of amides is 1. The molecule has 0 unspecified atom stereocenters. The first-order valence-electron chi connectivity index (χ1n) is 4.94. The van der Waals surface area contributed by atoms with Crippen molar-refractivity contribution in [1.29, 1.82) is 0 Å². The molecule has 0 aliphatic carbocycles. The summed E-state index contributed by atoms with van der Waals surface area (Å²) in [6, 6.07) is 0. The fraction of sp³-hybridized carbons (Fsp3) is 0.500. The second kappa shape index (κ2) is 4.44. The van der Waals surface area contributed by atoms with Crippen molar-refractivity contribution in [2.75, 3.05) is 5.32 Å². The van der Waals surface area contributed by atoms with Gasteiger partial charge in [-0.1, -0.05) is 0 Å². The number of aryl methyl sites for hydroxylation is 1. The Hall–Kier alpha value is -2.05. The van der Waals surface area contributed by atoms with Crippen LogP contribution in [0.5, 0.6) is 0 Å². The summed E-state index contributed by atoms with van der Waals surface area (Å²) in [6.45, 7) is 5.16. The Morgan fingerprint density at radius 1 is 1.47 bits per heavy atom. The van der Waals surface area contributed by atoms with E-state index in [1.54, 1.807) is 20.8 Å². The van der Waals surface area contributed by atoms with Gasteiger partial charge in [0, 0.05) is 13.2 Å². The van der Waals surface area contributed by atoms with Gasteiger partial charge in [0.05, 0.1) is 0 Å². The number of anilines is 1. The lowest BCUT2D eigenvalue weighted by atomic mass is 10.2. The Bertz CT molecular complexity index is 445. The highest BCUT2D eigenvalue weighted by Gasteiger charge is 2.17. The molecule has 0 spiro atoms. The molecule has 1 aromatic heterocycles. The molecule has 1 aromatic rings. The number of carboxylic acid groups (broad SMARTS) is 1. The van der Waals surface area contributed by atoms with E-state index in [9.17, 15) is 14.7 Å². The van der Waals surface area contributed by atoms with Crippen molar-refractivity contribution in [1.82, 2.24) is 9.55 Å². The first kappa shape index (κ1) is 13.0. The number of carbonyl (C=O) groups is 2. The van der Waals surface area contributed by atoms with Crippen molar-refractivity contribution in [3.63, 3.8) is 0 Å². The number of rotatable bonds is 2. The van der Waals surface area contributed by atoms with Crippen LogP contribution in [-0.2, 0) is 11.8 Å². The molecule has 94 valence electrons. The van der Waals surface area contributed by atoms with Crippen LogP contribution in [0, 0.1) is 0 Å². The molecule has 0 saturated carbocycles. The van der Waals surface area contributed by atoms with Gasteiger partial charge in [0.1, 0.15) is 11.6 Å². The van der Waals surface area contributed by atoms with Crippen LogP contribution in [0.15, 0.2) is 6.20 Å². The van der Waals surface area contributed by atoms with E-state index in [0.29, 0.717) is 0 Å². The fourth-order valence-corrected chi connectivity index (χ4v) is 1.12. The summed E-state index contributed by atoms with van der Waals surface area (Å²) in [5.74, 6) is -1.58. The zero-order valence-corrected chi connectivity index (χ0v) is 10.1. The second-order valence-corrected chi connectivity index (χ2v) is 4.48.